The van der Waals surface area contributed by atoms with Gasteiger partial charge in [0, 0.05) is 6.42 Å². The molecule has 1 heterocycles. The molecule has 1 aliphatic heterocycles. The second-order valence-electron chi connectivity index (χ2n) is 6.85. The van der Waals surface area contributed by atoms with Crippen LogP contribution in [0.1, 0.15) is 19.3 Å². The number of benzene rings is 2. The fourth-order valence-corrected chi connectivity index (χ4v) is 3.94. The maximum atomic E-state index is 14.3. The van der Waals surface area contributed by atoms with Crippen LogP contribution in [0.5, 0.6) is 11.5 Å². The third kappa shape index (κ3) is 5.72. The van der Waals surface area contributed by atoms with Gasteiger partial charge in [-0.15, -0.1) is 5.17 Å². The molecule has 2 aromatic carbocycles. The number of hydroxylamine groups is 1. The van der Waals surface area contributed by atoms with Crippen molar-refractivity contribution >= 4 is 15.9 Å². The highest BCUT2D eigenvalue weighted by Gasteiger charge is 2.25. The van der Waals surface area contributed by atoms with Crippen LogP contribution in [0, 0.1) is 17.6 Å². The molecule has 3 N–H and O–H groups in total. The number of amides is 1. The standard InChI is InChI=1S/C19H21F2N3O5S/c20-14-1-3-15(4-2-14)29-18-6-5-16(12-17(18)21)30(27,28)23-24(26)19(25)11-13-7-9-22-10-8-13/h1-6,12-13,22-23,26H,7-11H2. The molecule has 1 amide bonds. The van der Waals surface area contributed by atoms with Crippen molar-refractivity contribution in [3.05, 3.63) is 54.1 Å². The number of carbonyl (C=O) groups excluding carboxylic acids is 1. The molecular weight excluding hydrogens is 420 g/mol. The van der Waals surface area contributed by atoms with Crippen molar-refractivity contribution in [1.82, 2.24) is 15.3 Å². The highest BCUT2D eigenvalue weighted by molar-refractivity contribution is 7.89. The molecule has 8 nitrogen and oxygen atoms in total. The topological polar surface area (TPSA) is 108 Å². The average Bonchev–Trinajstić information content (AvgIpc) is 2.71. The number of hydrogen-bond acceptors (Lipinski definition) is 6. The predicted octanol–water partition coefficient (Wildman–Crippen LogP) is 2.56. The van der Waals surface area contributed by atoms with Crippen LogP contribution >= 0.6 is 0 Å². The first-order chi connectivity index (χ1) is 14.2. The van der Waals surface area contributed by atoms with Crippen LogP contribution in [0.4, 0.5) is 8.78 Å². The van der Waals surface area contributed by atoms with Crippen molar-refractivity contribution in [3.8, 4) is 11.5 Å². The van der Waals surface area contributed by atoms with E-state index in [0.29, 0.717) is 6.07 Å². The summed E-state index contributed by atoms with van der Waals surface area (Å²) in [6, 6.07) is 7.66. The Kier molecular flexibility index (Phi) is 6.98. The van der Waals surface area contributed by atoms with Gasteiger partial charge in [0.2, 0.25) is 0 Å². The quantitative estimate of drug-likeness (QED) is 0.450. The molecule has 1 saturated heterocycles. The summed E-state index contributed by atoms with van der Waals surface area (Å²) in [7, 11) is -4.42. The molecule has 0 bridgehead atoms. The number of nitrogens with zero attached hydrogens (tertiary/aromatic N) is 1. The van der Waals surface area contributed by atoms with E-state index in [-0.39, 0.29) is 29.0 Å². The first kappa shape index (κ1) is 22.1. The second kappa shape index (κ2) is 9.47. The Morgan fingerprint density at radius 3 is 2.47 bits per heavy atom. The zero-order chi connectivity index (χ0) is 21.7. The van der Waals surface area contributed by atoms with E-state index in [2.05, 4.69) is 5.32 Å². The average molecular weight is 441 g/mol. The number of nitrogens with one attached hydrogen (secondary N) is 2. The molecule has 0 radical (unpaired) electrons. The van der Waals surface area contributed by atoms with Crippen LogP contribution in [0.2, 0.25) is 0 Å². The van der Waals surface area contributed by atoms with Gasteiger partial charge < -0.3 is 10.1 Å². The van der Waals surface area contributed by atoms with Crippen molar-refractivity contribution in [3.63, 3.8) is 0 Å². The highest BCUT2D eigenvalue weighted by atomic mass is 32.2. The van der Waals surface area contributed by atoms with Gasteiger partial charge in [0.05, 0.1) is 4.90 Å². The van der Waals surface area contributed by atoms with E-state index in [4.69, 9.17) is 4.74 Å². The molecule has 0 unspecified atom stereocenters. The lowest BCUT2D eigenvalue weighted by Crippen LogP contribution is -2.44. The SMILES string of the molecule is O=C(CC1CCNCC1)N(O)NS(=O)(=O)c1ccc(Oc2ccc(F)cc2)c(F)c1. The maximum absolute atomic E-state index is 14.3. The molecule has 1 fully saturated rings. The molecular formula is C19H21F2N3O5S. The van der Waals surface area contributed by atoms with Crippen LogP contribution in [0.25, 0.3) is 0 Å². The molecule has 0 aromatic heterocycles. The number of hydrogen-bond donors (Lipinski definition) is 3. The van der Waals surface area contributed by atoms with Gasteiger partial charge in [0.25, 0.3) is 15.9 Å². The first-order valence-electron chi connectivity index (χ1n) is 9.22. The Balaban J connectivity index is 1.65. The number of rotatable bonds is 7. The van der Waals surface area contributed by atoms with Gasteiger partial charge in [-0.2, -0.15) is 0 Å². The maximum Gasteiger partial charge on any atom is 0.262 e. The van der Waals surface area contributed by atoms with Crippen molar-refractivity contribution in [2.75, 3.05) is 13.1 Å². The fourth-order valence-electron chi connectivity index (χ4n) is 3.00. The second-order valence-corrected chi connectivity index (χ2v) is 8.51. The number of carbonyl (C=O) groups is 1. The van der Waals surface area contributed by atoms with Crippen LogP contribution in [-0.4, -0.2) is 37.8 Å². The molecule has 3 rings (SSSR count). The van der Waals surface area contributed by atoms with E-state index in [9.17, 15) is 27.2 Å². The van der Waals surface area contributed by atoms with Crippen molar-refractivity contribution < 1.29 is 31.9 Å². The summed E-state index contributed by atoms with van der Waals surface area (Å²) in [6.45, 7) is 1.50. The molecule has 30 heavy (non-hydrogen) atoms. The minimum absolute atomic E-state index is 0.0144. The molecule has 11 heteroatoms. The number of sulfonamides is 1. The normalized spacial score (nSPS) is 15.0. The molecule has 162 valence electrons. The van der Waals surface area contributed by atoms with E-state index in [0.717, 1.165) is 50.2 Å². The van der Waals surface area contributed by atoms with E-state index >= 15 is 0 Å². The zero-order valence-corrected chi connectivity index (χ0v) is 16.7. The molecule has 0 saturated carbocycles. The molecule has 1 aliphatic rings. The fraction of sp³-hybridized carbons (Fsp3) is 0.316. The summed E-state index contributed by atoms with van der Waals surface area (Å²) in [6.07, 6.45) is 1.47. The van der Waals surface area contributed by atoms with Crippen molar-refractivity contribution in [1.29, 1.82) is 0 Å². The number of piperidine rings is 1. The van der Waals surface area contributed by atoms with Gasteiger partial charge in [-0.1, -0.05) is 4.83 Å². The predicted molar refractivity (Wildman–Crippen MR) is 102 cm³/mol. The van der Waals surface area contributed by atoms with Gasteiger partial charge in [0.15, 0.2) is 11.6 Å². The molecule has 0 spiro atoms. The minimum Gasteiger partial charge on any atom is -0.454 e. The lowest BCUT2D eigenvalue weighted by Gasteiger charge is -2.24. The number of ether oxygens (including phenoxy) is 1. The lowest BCUT2D eigenvalue weighted by molar-refractivity contribution is -0.173. The summed E-state index contributed by atoms with van der Waals surface area (Å²) >= 11 is 0. The largest absolute Gasteiger partial charge is 0.454 e. The highest BCUT2D eigenvalue weighted by Crippen LogP contribution is 2.26. The lowest BCUT2D eigenvalue weighted by atomic mass is 9.94. The zero-order valence-electron chi connectivity index (χ0n) is 15.8. The Bertz CT molecular complexity index is 996. The molecule has 2 aromatic rings. The van der Waals surface area contributed by atoms with Crippen LogP contribution < -0.4 is 14.9 Å². The monoisotopic (exact) mass is 441 g/mol. The summed E-state index contributed by atoms with van der Waals surface area (Å²) in [5, 5.41) is 12.9. The number of hydrazine groups is 1. The Morgan fingerprint density at radius 2 is 1.83 bits per heavy atom. The smallest absolute Gasteiger partial charge is 0.262 e. The summed E-state index contributed by atoms with van der Waals surface area (Å²) in [5.41, 5.74) is 0. The molecule has 0 atom stereocenters. The summed E-state index contributed by atoms with van der Waals surface area (Å²) in [5.74, 6) is -2.36. The van der Waals surface area contributed by atoms with E-state index in [1.807, 2.05) is 0 Å². The van der Waals surface area contributed by atoms with E-state index < -0.39 is 32.5 Å². The van der Waals surface area contributed by atoms with Crippen molar-refractivity contribution in [2.45, 2.75) is 24.2 Å². The van der Waals surface area contributed by atoms with Gasteiger partial charge in [-0.3, -0.25) is 10.0 Å². The first-order valence-corrected chi connectivity index (χ1v) is 10.7. The minimum atomic E-state index is -4.42. The summed E-state index contributed by atoms with van der Waals surface area (Å²) < 4.78 is 57.2. The van der Waals surface area contributed by atoms with Crippen LogP contribution in [0.3, 0.4) is 0 Å². The van der Waals surface area contributed by atoms with Crippen LogP contribution in [0.15, 0.2) is 47.4 Å². The van der Waals surface area contributed by atoms with E-state index in [1.165, 1.54) is 12.1 Å². The Morgan fingerprint density at radius 1 is 1.17 bits per heavy atom. The van der Waals surface area contributed by atoms with Gasteiger partial charge in [-0.05, 0) is 74.3 Å². The van der Waals surface area contributed by atoms with Crippen molar-refractivity contribution in [2.24, 2.45) is 5.92 Å². The van der Waals surface area contributed by atoms with Crippen LogP contribution in [-0.2, 0) is 14.8 Å². The third-order valence-electron chi connectivity index (χ3n) is 4.62. The van der Waals surface area contributed by atoms with Gasteiger partial charge in [-0.25, -0.2) is 17.2 Å². The van der Waals surface area contributed by atoms with Gasteiger partial charge >= 0.3 is 0 Å². The third-order valence-corrected chi connectivity index (χ3v) is 5.91. The van der Waals surface area contributed by atoms with E-state index in [1.54, 1.807) is 4.83 Å². The Hall–Kier alpha value is -2.60. The van der Waals surface area contributed by atoms with Gasteiger partial charge in [0.1, 0.15) is 11.6 Å². The Labute approximate surface area is 172 Å². The number of halogens is 2. The molecule has 0 aliphatic carbocycles. The summed E-state index contributed by atoms with van der Waals surface area (Å²) in [4.78, 5) is 13.3.